The van der Waals surface area contributed by atoms with Gasteiger partial charge in [0.25, 0.3) is 5.91 Å². The Morgan fingerprint density at radius 2 is 2.11 bits per heavy atom. The van der Waals surface area contributed by atoms with E-state index in [1.165, 1.54) is 18.9 Å². The Morgan fingerprint density at radius 1 is 1.24 bits per heavy atom. The smallest absolute Gasteiger partial charge is 0.272 e. The predicted molar refractivity (Wildman–Crippen MR) is 131 cm³/mol. The monoisotopic (exact) mass is 507 g/mol. The molecule has 5 heterocycles. The molecular weight excluding hydrogens is 477 g/mol. The number of hydrogen-bond acceptors (Lipinski definition) is 6. The van der Waals surface area contributed by atoms with Gasteiger partial charge in [0.2, 0.25) is 11.8 Å². The van der Waals surface area contributed by atoms with E-state index >= 15 is 0 Å². The Morgan fingerprint density at radius 3 is 2.92 bits per heavy atom. The maximum absolute atomic E-state index is 14.3. The first-order valence-electron chi connectivity index (χ1n) is 12.8. The minimum Gasteiger partial charge on any atom is -0.481 e. The lowest BCUT2D eigenvalue weighted by molar-refractivity contribution is -0.127. The summed E-state index contributed by atoms with van der Waals surface area (Å²) in [7, 11) is 1.45. The normalized spacial score (nSPS) is 21.9. The third kappa shape index (κ3) is 4.47. The number of carbonyl (C=O) groups is 2. The summed E-state index contributed by atoms with van der Waals surface area (Å²) in [4.78, 5) is 36.4. The minimum atomic E-state index is -0.546. The number of halogens is 1. The Balaban J connectivity index is 1.08. The van der Waals surface area contributed by atoms with Crippen molar-refractivity contribution in [2.45, 2.75) is 50.6 Å². The van der Waals surface area contributed by atoms with Crippen LogP contribution in [-0.2, 0) is 17.8 Å². The molecule has 2 fully saturated rings. The number of likely N-dealkylation sites (tertiary alicyclic amines) is 1. The first kappa shape index (κ1) is 23.6. The van der Waals surface area contributed by atoms with E-state index in [4.69, 9.17) is 4.74 Å². The van der Waals surface area contributed by atoms with E-state index in [0.29, 0.717) is 43.2 Å². The van der Waals surface area contributed by atoms with E-state index in [0.717, 1.165) is 38.4 Å². The summed E-state index contributed by atoms with van der Waals surface area (Å²) in [5.41, 5.74) is 1.76. The van der Waals surface area contributed by atoms with Crippen LogP contribution in [0.25, 0.3) is 11.3 Å². The molecule has 1 saturated heterocycles. The number of amides is 2. The average Bonchev–Trinajstić information content (AvgIpc) is 3.31. The fourth-order valence-electron chi connectivity index (χ4n) is 5.80. The molecule has 3 aliphatic rings. The van der Waals surface area contributed by atoms with E-state index in [9.17, 15) is 14.0 Å². The van der Waals surface area contributed by atoms with Gasteiger partial charge in [-0.1, -0.05) is 0 Å². The molecule has 11 heteroatoms. The number of methoxy groups -OCH3 is 1. The number of nitrogens with one attached hydrogen (secondary N) is 2. The zero-order chi connectivity index (χ0) is 25.6. The number of hydrogen-bond donors (Lipinski definition) is 2. The van der Waals surface area contributed by atoms with Gasteiger partial charge in [-0.25, -0.2) is 14.4 Å². The minimum absolute atomic E-state index is 0.0865. The first-order valence-corrected chi connectivity index (χ1v) is 12.8. The van der Waals surface area contributed by atoms with Gasteiger partial charge in [-0.15, -0.1) is 0 Å². The number of aromatic nitrogens is 5. The molecule has 2 atom stereocenters. The van der Waals surface area contributed by atoms with Crippen LogP contribution < -0.4 is 10.1 Å². The van der Waals surface area contributed by atoms with Gasteiger partial charge in [0.05, 0.1) is 25.3 Å². The number of rotatable bonds is 6. The maximum atomic E-state index is 14.3. The van der Waals surface area contributed by atoms with Crippen molar-refractivity contribution in [2.24, 2.45) is 11.8 Å². The quantitative estimate of drug-likeness (QED) is 0.530. The average molecular weight is 508 g/mol. The van der Waals surface area contributed by atoms with E-state index in [1.807, 2.05) is 17.4 Å². The maximum Gasteiger partial charge on any atom is 0.272 e. The Hall–Kier alpha value is -3.76. The van der Waals surface area contributed by atoms with Gasteiger partial charge in [-0.2, -0.15) is 5.10 Å². The fraction of sp³-hybridized carbons (Fsp3) is 0.500. The molecule has 0 radical (unpaired) electrons. The van der Waals surface area contributed by atoms with Gasteiger partial charge < -0.3 is 19.5 Å². The van der Waals surface area contributed by atoms with Crippen molar-refractivity contribution in [3.8, 4) is 17.1 Å². The van der Waals surface area contributed by atoms with Gasteiger partial charge in [-0.3, -0.25) is 14.7 Å². The predicted octanol–water partition coefficient (Wildman–Crippen LogP) is 2.58. The number of aromatic amines is 1. The van der Waals surface area contributed by atoms with Gasteiger partial charge >= 0.3 is 0 Å². The number of nitrogens with zero attached hydrogens (tertiary/aromatic N) is 5. The molecule has 3 aromatic rings. The van der Waals surface area contributed by atoms with E-state index in [1.54, 1.807) is 6.07 Å². The van der Waals surface area contributed by atoms with Crippen LogP contribution in [0.2, 0.25) is 0 Å². The number of aryl methyl sites for hydroxylation is 1. The van der Waals surface area contributed by atoms with Gasteiger partial charge in [0.15, 0.2) is 5.82 Å². The highest BCUT2D eigenvalue weighted by atomic mass is 19.1. The lowest BCUT2D eigenvalue weighted by atomic mass is 9.87. The zero-order valence-electron chi connectivity index (χ0n) is 20.7. The standard InChI is InChI=1S/C26H30FN7O3/c1-37-23-9-19(20(27)14-29-23)21-10-22(32-31-21)25(36)34-7-3-17(11-26(34)4-5-26)24(35)30-12-16-2-6-33-15-28-13-18(33)8-16/h9-10,13-17H,2-8,11-12H2,1H3,(H,30,35)(H,31,32)/t16-,17-/m0/s1. The molecule has 0 unspecified atom stereocenters. The SMILES string of the molecule is COc1cc(-c2cc(C(=O)N3CC[C@H](C(=O)NC[C@H]4CCn5cncc5C4)CC34CC4)[nH]n2)c(F)cn1. The zero-order valence-corrected chi connectivity index (χ0v) is 20.7. The van der Waals surface area contributed by atoms with Crippen molar-refractivity contribution in [1.29, 1.82) is 0 Å². The second-order valence-electron chi connectivity index (χ2n) is 10.4. The summed E-state index contributed by atoms with van der Waals surface area (Å²) in [5, 5.41) is 10.1. The largest absolute Gasteiger partial charge is 0.481 e. The first-order chi connectivity index (χ1) is 18.0. The van der Waals surface area contributed by atoms with Crippen LogP contribution in [0.4, 0.5) is 4.39 Å². The van der Waals surface area contributed by atoms with Crippen LogP contribution in [0.1, 0.15) is 48.3 Å². The lowest BCUT2D eigenvalue weighted by Crippen LogP contribution is -2.51. The summed E-state index contributed by atoms with van der Waals surface area (Å²) in [6.07, 6.45) is 9.86. The molecule has 194 valence electrons. The number of imidazole rings is 1. The molecule has 2 amide bonds. The summed E-state index contributed by atoms with van der Waals surface area (Å²) in [5.74, 6) is -0.0464. The summed E-state index contributed by atoms with van der Waals surface area (Å²) in [6.45, 7) is 2.12. The van der Waals surface area contributed by atoms with Crippen LogP contribution in [0, 0.1) is 17.7 Å². The summed E-state index contributed by atoms with van der Waals surface area (Å²) >= 11 is 0. The second-order valence-corrected chi connectivity index (χ2v) is 10.4. The lowest BCUT2D eigenvalue weighted by Gasteiger charge is -2.39. The summed E-state index contributed by atoms with van der Waals surface area (Å²) < 4.78 is 21.6. The van der Waals surface area contributed by atoms with E-state index in [2.05, 4.69) is 30.0 Å². The van der Waals surface area contributed by atoms with E-state index < -0.39 is 5.82 Å². The Kier molecular flexibility index (Phi) is 5.92. The fourth-order valence-corrected chi connectivity index (χ4v) is 5.80. The third-order valence-electron chi connectivity index (χ3n) is 8.11. The molecule has 1 saturated carbocycles. The molecule has 0 bridgehead atoms. The highest BCUT2D eigenvalue weighted by Gasteiger charge is 2.54. The number of carbonyl (C=O) groups excluding carboxylic acids is 2. The van der Waals surface area contributed by atoms with E-state index in [-0.39, 0.29) is 34.7 Å². The number of ether oxygens (including phenoxy) is 1. The summed E-state index contributed by atoms with van der Waals surface area (Å²) in [6, 6.07) is 3.01. The van der Waals surface area contributed by atoms with Crippen LogP contribution >= 0.6 is 0 Å². The van der Waals surface area contributed by atoms with Crippen molar-refractivity contribution in [1.82, 2.24) is 34.9 Å². The van der Waals surface area contributed by atoms with Gasteiger partial charge in [0, 0.05) is 54.6 Å². The van der Waals surface area contributed by atoms with Gasteiger partial charge in [-0.05, 0) is 50.5 Å². The van der Waals surface area contributed by atoms with Crippen LogP contribution in [0.15, 0.2) is 30.9 Å². The molecule has 1 aliphatic carbocycles. The van der Waals surface area contributed by atoms with Crippen LogP contribution in [0.3, 0.4) is 0 Å². The van der Waals surface area contributed by atoms with Crippen molar-refractivity contribution >= 4 is 11.8 Å². The topological polar surface area (TPSA) is 118 Å². The molecule has 1 spiro atoms. The third-order valence-corrected chi connectivity index (χ3v) is 8.11. The number of H-pyrrole nitrogens is 1. The number of pyridine rings is 1. The molecule has 3 aromatic heterocycles. The van der Waals surface area contributed by atoms with Crippen LogP contribution in [0.5, 0.6) is 5.88 Å². The van der Waals surface area contributed by atoms with Crippen molar-refractivity contribution < 1.29 is 18.7 Å². The highest BCUT2D eigenvalue weighted by molar-refractivity contribution is 5.94. The molecule has 2 aliphatic heterocycles. The molecule has 10 nitrogen and oxygen atoms in total. The van der Waals surface area contributed by atoms with Crippen molar-refractivity contribution in [3.05, 3.63) is 48.1 Å². The highest BCUT2D eigenvalue weighted by Crippen LogP contribution is 2.50. The second kappa shape index (κ2) is 9.28. The van der Waals surface area contributed by atoms with Crippen molar-refractivity contribution in [2.75, 3.05) is 20.2 Å². The van der Waals surface area contributed by atoms with Crippen molar-refractivity contribution in [3.63, 3.8) is 0 Å². The Labute approximate surface area is 213 Å². The number of piperidine rings is 1. The molecule has 37 heavy (non-hydrogen) atoms. The molecule has 6 rings (SSSR count). The van der Waals surface area contributed by atoms with Gasteiger partial charge in [0.1, 0.15) is 5.69 Å². The number of fused-ring (bicyclic) bond motifs is 1. The molecule has 0 aromatic carbocycles. The van der Waals surface area contributed by atoms with Crippen LogP contribution in [-0.4, -0.2) is 67.2 Å². The molecular formula is C26H30FN7O3. The Bertz CT molecular complexity index is 1330. The molecule has 2 N–H and O–H groups in total.